The third-order valence-electron chi connectivity index (χ3n) is 5.10. The molecule has 1 atom stereocenters. The number of rotatable bonds is 4. The largest absolute Gasteiger partial charge is 0.497 e. The average molecular weight is 412 g/mol. The summed E-state index contributed by atoms with van der Waals surface area (Å²) in [6.07, 6.45) is 0. The second kappa shape index (κ2) is 6.93. The van der Waals surface area contributed by atoms with Crippen molar-refractivity contribution in [1.82, 2.24) is 5.43 Å². The Labute approximate surface area is 172 Å². The Morgan fingerprint density at radius 2 is 1.83 bits per heavy atom. The molecule has 7 nitrogen and oxygen atoms in total. The van der Waals surface area contributed by atoms with Crippen molar-refractivity contribution in [3.8, 4) is 5.75 Å². The molecule has 0 aliphatic carbocycles. The van der Waals surface area contributed by atoms with Gasteiger partial charge in [-0.05, 0) is 48.9 Å². The lowest BCUT2D eigenvalue weighted by atomic mass is 10.1. The second-order valence-corrected chi connectivity index (χ2v) is 7.20. The molecule has 2 amide bonds. The number of ketones is 1. The van der Waals surface area contributed by atoms with Gasteiger partial charge in [-0.3, -0.25) is 24.8 Å². The molecule has 0 bridgehead atoms. The van der Waals surface area contributed by atoms with Crippen molar-refractivity contribution in [3.05, 3.63) is 64.3 Å². The van der Waals surface area contributed by atoms with E-state index in [4.69, 9.17) is 16.3 Å². The number of hydrogen-bond donors (Lipinski definition) is 1. The lowest BCUT2D eigenvalue weighted by Crippen LogP contribution is -2.46. The summed E-state index contributed by atoms with van der Waals surface area (Å²) in [4.78, 5) is 39.9. The molecule has 1 N–H and O–H groups in total. The predicted octanol–water partition coefficient (Wildman–Crippen LogP) is 2.77. The Balaban J connectivity index is 1.82. The fraction of sp³-hybridized carbons (Fsp3) is 0.190. The van der Waals surface area contributed by atoms with E-state index in [9.17, 15) is 14.4 Å². The molecule has 0 radical (unpaired) electrons. The minimum atomic E-state index is -0.951. The minimum Gasteiger partial charge on any atom is -0.497 e. The van der Waals surface area contributed by atoms with E-state index < -0.39 is 17.9 Å². The van der Waals surface area contributed by atoms with Crippen LogP contribution in [0.4, 0.5) is 11.4 Å². The quantitative estimate of drug-likeness (QED) is 0.779. The van der Waals surface area contributed by atoms with Gasteiger partial charge in [-0.25, -0.2) is 4.90 Å². The van der Waals surface area contributed by atoms with Crippen LogP contribution in [0.5, 0.6) is 5.75 Å². The normalized spacial score (nSPS) is 18.3. The van der Waals surface area contributed by atoms with Gasteiger partial charge in [-0.1, -0.05) is 17.7 Å². The Morgan fingerprint density at radius 3 is 2.45 bits per heavy atom. The van der Waals surface area contributed by atoms with E-state index in [-0.39, 0.29) is 17.1 Å². The number of Topliss-reactive ketones (excluding diaryl/α,β-unsaturated/α-hetero) is 1. The number of methoxy groups -OCH3 is 1. The summed E-state index contributed by atoms with van der Waals surface area (Å²) in [5.41, 5.74) is 4.83. The maximum Gasteiger partial charge on any atom is 0.266 e. The summed E-state index contributed by atoms with van der Waals surface area (Å²) >= 11 is 6.19. The lowest BCUT2D eigenvalue weighted by Gasteiger charge is -2.26. The lowest BCUT2D eigenvalue weighted by molar-refractivity contribution is -0.121. The number of hydrazine groups is 1. The molecule has 2 aliphatic heterocycles. The zero-order valence-electron chi connectivity index (χ0n) is 16.0. The number of hydrogen-bond acceptors (Lipinski definition) is 6. The molecular formula is C21H18ClN3O4. The second-order valence-electron chi connectivity index (χ2n) is 6.79. The summed E-state index contributed by atoms with van der Waals surface area (Å²) in [5, 5.41) is 1.98. The molecule has 4 rings (SSSR count). The highest BCUT2D eigenvalue weighted by Gasteiger charge is 2.53. The van der Waals surface area contributed by atoms with Crippen molar-refractivity contribution < 1.29 is 19.1 Å². The Kier molecular flexibility index (Phi) is 4.55. The highest BCUT2D eigenvalue weighted by Crippen LogP contribution is 2.39. The van der Waals surface area contributed by atoms with Gasteiger partial charge in [0.15, 0.2) is 11.8 Å². The molecule has 8 heteroatoms. The molecule has 29 heavy (non-hydrogen) atoms. The maximum absolute atomic E-state index is 13.3. The molecule has 0 aromatic heterocycles. The number of ether oxygens (including phenoxy) is 1. The molecule has 2 heterocycles. The van der Waals surface area contributed by atoms with Gasteiger partial charge >= 0.3 is 0 Å². The van der Waals surface area contributed by atoms with Gasteiger partial charge < -0.3 is 4.74 Å². The first-order valence-corrected chi connectivity index (χ1v) is 9.31. The van der Waals surface area contributed by atoms with Crippen molar-refractivity contribution in [2.45, 2.75) is 19.9 Å². The highest BCUT2D eigenvalue weighted by molar-refractivity contribution is 6.36. The molecule has 0 unspecified atom stereocenters. The van der Waals surface area contributed by atoms with Gasteiger partial charge in [0.25, 0.3) is 11.8 Å². The monoisotopic (exact) mass is 411 g/mol. The number of anilines is 2. The Hall–Kier alpha value is -3.32. The van der Waals surface area contributed by atoms with E-state index in [2.05, 4.69) is 5.43 Å². The van der Waals surface area contributed by atoms with Crippen LogP contribution < -0.4 is 20.1 Å². The molecule has 0 spiro atoms. The number of nitrogens with zero attached hydrogens (tertiary/aromatic N) is 2. The zero-order chi connectivity index (χ0) is 20.9. The number of amides is 2. The first-order valence-electron chi connectivity index (χ1n) is 8.93. The number of carbonyl (C=O) groups is 3. The van der Waals surface area contributed by atoms with Crippen LogP contribution in [0.25, 0.3) is 0 Å². The van der Waals surface area contributed by atoms with E-state index in [1.807, 2.05) is 0 Å². The molecule has 2 aromatic rings. The SMILES string of the molecule is COc1ccc(N2NC(C(C)=O)=C3C(=O)N(c4cccc(Cl)c4C)C(=O)[C@H]32)cc1. The average Bonchev–Trinajstić information content (AvgIpc) is 3.22. The molecule has 2 aliphatic rings. The molecule has 2 aromatic carbocycles. The number of benzene rings is 2. The predicted molar refractivity (Wildman–Crippen MR) is 109 cm³/mol. The summed E-state index contributed by atoms with van der Waals surface area (Å²) in [5.74, 6) is -0.654. The number of imide groups is 1. The van der Waals surface area contributed by atoms with Crippen molar-refractivity contribution in [2.75, 3.05) is 17.0 Å². The van der Waals surface area contributed by atoms with Gasteiger partial charge in [-0.15, -0.1) is 0 Å². The van der Waals surface area contributed by atoms with Gasteiger partial charge in [0.05, 0.1) is 24.1 Å². The van der Waals surface area contributed by atoms with E-state index in [1.165, 1.54) is 11.9 Å². The van der Waals surface area contributed by atoms with Gasteiger partial charge in [-0.2, -0.15) is 0 Å². The Morgan fingerprint density at radius 1 is 1.14 bits per heavy atom. The van der Waals surface area contributed by atoms with E-state index in [0.717, 1.165) is 4.90 Å². The maximum atomic E-state index is 13.3. The van der Waals surface area contributed by atoms with Crippen molar-refractivity contribution in [2.24, 2.45) is 0 Å². The van der Waals surface area contributed by atoms with Crippen molar-refractivity contribution >= 4 is 40.6 Å². The Bertz CT molecular complexity index is 1080. The summed E-state index contributed by atoms with van der Waals surface area (Å²) in [6, 6.07) is 11.1. The van der Waals surface area contributed by atoms with Crippen LogP contribution in [0.2, 0.25) is 5.02 Å². The van der Waals surface area contributed by atoms with Crippen molar-refractivity contribution in [3.63, 3.8) is 0 Å². The van der Waals surface area contributed by atoms with Crippen LogP contribution in [0.3, 0.4) is 0 Å². The minimum absolute atomic E-state index is 0.117. The molecule has 0 saturated carbocycles. The number of carbonyl (C=O) groups excluding carboxylic acids is 3. The smallest absolute Gasteiger partial charge is 0.266 e. The number of halogens is 1. The fourth-order valence-corrected chi connectivity index (χ4v) is 3.77. The third-order valence-corrected chi connectivity index (χ3v) is 5.51. The van der Waals surface area contributed by atoms with Crippen LogP contribution in [-0.4, -0.2) is 30.7 Å². The first kappa shape index (κ1) is 19.0. The number of fused-ring (bicyclic) bond motifs is 1. The highest BCUT2D eigenvalue weighted by atomic mass is 35.5. The molecule has 1 fully saturated rings. The molecule has 1 saturated heterocycles. The van der Waals surface area contributed by atoms with E-state index >= 15 is 0 Å². The van der Waals surface area contributed by atoms with E-state index in [1.54, 1.807) is 56.5 Å². The number of nitrogens with one attached hydrogen (secondary N) is 1. The number of allylic oxidation sites excluding steroid dienone is 1. The van der Waals surface area contributed by atoms with Crippen LogP contribution in [0.1, 0.15) is 12.5 Å². The molecular weight excluding hydrogens is 394 g/mol. The van der Waals surface area contributed by atoms with Crippen LogP contribution in [0.15, 0.2) is 53.7 Å². The van der Waals surface area contributed by atoms with E-state index in [0.29, 0.717) is 27.7 Å². The van der Waals surface area contributed by atoms with Crippen LogP contribution in [-0.2, 0) is 14.4 Å². The zero-order valence-corrected chi connectivity index (χ0v) is 16.8. The standard InChI is InChI=1S/C21H18ClN3O4/c1-11-15(22)5-4-6-16(11)24-20(27)17-18(12(2)26)23-25(19(17)21(24)28)13-7-9-14(29-3)10-8-13/h4-10,19,23H,1-3H3/t19-/m0/s1. The van der Waals surface area contributed by atoms with Gasteiger partial charge in [0, 0.05) is 11.9 Å². The van der Waals surface area contributed by atoms with Gasteiger partial charge in [0.2, 0.25) is 0 Å². The first-order chi connectivity index (χ1) is 13.8. The topological polar surface area (TPSA) is 79.0 Å². The summed E-state index contributed by atoms with van der Waals surface area (Å²) < 4.78 is 5.17. The van der Waals surface area contributed by atoms with Crippen LogP contribution in [0, 0.1) is 6.92 Å². The fourth-order valence-electron chi connectivity index (χ4n) is 3.60. The summed E-state index contributed by atoms with van der Waals surface area (Å²) in [7, 11) is 1.56. The third kappa shape index (κ3) is 2.86. The van der Waals surface area contributed by atoms with Crippen LogP contribution >= 0.6 is 11.6 Å². The summed E-state index contributed by atoms with van der Waals surface area (Å²) in [6.45, 7) is 3.10. The van der Waals surface area contributed by atoms with Crippen molar-refractivity contribution in [1.29, 1.82) is 0 Å². The molecule has 148 valence electrons. The van der Waals surface area contributed by atoms with Gasteiger partial charge in [0.1, 0.15) is 11.4 Å².